The molecule has 11 heteroatoms. The molecule has 230 valence electrons. The number of anilines is 1. The summed E-state index contributed by atoms with van der Waals surface area (Å²) in [5.41, 5.74) is 1.75. The predicted molar refractivity (Wildman–Crippen MR) is 170 cm³/mol. The molecule has 1 saturated carbocycles. The van der Waals surface area contributed by atoms with Crippen LogP contribution in [0.2, 0.25) is 10.0 Å². The average Bonchev–Trinajstić information content (AvgIpc) is 2.99. The van der Waals surface area contributed by atoms with Crippen LogP contribution < -0.4 is 14.4 Å². The maximum Gasteiger partial charge on any atom is 0.264 e. The van der Waals surface area contributed by atoms with Crippen LogP contribution in [0.3, 0.4) is 0 Å². The highest BCUT2D eigenvalue weighted by atomic mass is 35.5. The van der Waals surface area contributed by atoms with Crippen LogP contribution in [0.1, 0.15) is 50.2 Å². The number of carbonyl (C=O) groups excluding carboxylic acids is 2. The van der Waals surface area contributed by atoms with E-state index in [4.69, 9.17) is 27.9 Å². The van der Waals surface area contributed by atoms with Gasteiger partial charge in [-0.3, -0.25) is 13.9 Å². The lowest BCUT2D eigenvalue weighted by Crippen LogP contribution is -2.53. The molecular formula is C32H37Cl2N3O5S. The van der Waals surface area contributed by atoms with Crippen LogP contribution in [0, 0.1) is 6.92 Å². The van der Waals surface area contributed by atoms with Gasteiger partial charge in [-0.1, -0.05) is 66.2 Å². The molecule has 3 aromatic rings. The Labute approximate surface area is 264 Å². The highest BCUT2D eigenvalue weighted by Crippen LogP contribution is 2.28. The van der Waals surface area contributed by atoms with Crippen molar-refractivity contribution in [3.05, 3.63) is 87.9 Å². The minimum absolute atomic E-state index is 0.0187. The number of amides is 2. The van der Waals surface area contributed by atoms with E-state index in [1.54, 1.807) is 61.5 Å². The van der Waals surface area contributed by atoms with E-state index in [2.05, 4.69) is 5.32 Å². The molecule has 0 bridgehead atoms. The summed E-state index contributed by atoms with van der Waals surface area (Å²) in [6.07, 6.45) is 4.98. The zero-order valence-corrected chi connectivity index (χ0v) is 26.9. The molecule has 8 nitrogen and oxygen atoms in total. The summed E-state index contributed by atoms with van der Waals surface area (Å²) < 4.78 is 34.3. The summed E-state index contributed by atoms with van der Waals surface area (Å²) in [7, 11) is -2.66. The fourth-order valence-electron chi connectivity index (χ4n) is 5.10. The zero-order chi connectivity index (χ0) is 31.1. The number of hydrogen-bond donors (Lipinski definition) is 1. The second-order valence-electron chi connectivity index (χ2n) is 10.8. The third-order valence-corrected chi connectivity index (χ3v) is 10.1. The van der Waals surface area contributed by atoms with Gasteiger partial charge in [-0.15, -0.1) is 0 Å². The van der Waals surface area contributed by atoms with E-state index < -0.39 is 28.5 Å². The van der Waals surface area contributed by atoms with E-state index in [0.717, 1.165) is 42.0 Å². The summed E-state index contributed by atoms with van der Waals surface area (Å²) in [4.78, 5) is 29.0. The Kier molecular flexibility index (Phi) is 11.0. The first-order chi connectivity index (χ1) is 20.5. The molecule has 1 aliphatic rings. The number of benzene rings is 3. The van der Waals surface area contributed by atoms with Crippen LogP contribution in [0.25, 0.3) is 0 Å². The van der Waals surface area contributed by atoms with Gasteiger partial charge in [0.1, 0.15) is 18.3 Å². The van der Waals surface area contributed by atoms with Crippen molar-refractivity contribution < 1.29 is 22.7 Å². The zero-order valence-electron chi connectivity index (χ0n) is 24.6. The van der Waals surface area contributed by atoms with Crippen LogP contribution in [0.5, 0.6) is 5.75 Å². The molecular weight excluding hydrogens is 609 g/mol. The van der Waals surface area contributed by atoms with Crippen molar-refractivity contribution in [1.29, 1.82) is 0 Å². The fraction of sp³-hybridized carbons (Fsp3) is 0.375. The molecule has 0 aliphatic heterocycles. The normalized spacial score (nSPS) is 14.5. The predicted octanol–water partition coefficient (Wildman–Crippen LogP) is 6.37. The van der Waals surface area contributed by atoms with Gasteiger partial charge in [0.15, 0.2) is 0 Å². The molecule has 1 N–H and O–H groups in total. The molecule has 0 spiro atoms. The van der Waals surface area contributed by atoms with Crippen LogP contribution in [0.4, 0.5) is 5.69 Å². The molecule has 1 atom stereocenters. The maximum absolute atomic E-state index is 14.1. The average molecular weight is 647 g/mol. The van der Waals surface area contributed by atoms with Crippen LogP contribution in [-0.2, 0) is 26.2 Å². The fourth-order valence-corrected chi connectivity index (χ4v) is 6.98. The topological polar surface area (TPSA) is 96.0 Å². The standard InChI is InChI=1S/C32H37Cl2N3O5S/c1-22-9-17-29(18-10-22)43(40,41)37(27-13-15-28(42-3)16-14-27)21-31(38)36(20-24-11-12-25(33)19-30(24)34)23(2)32(39)35-26-7-5-4-6-8-26/h9-19,23,26H,4-8,20-21H2,1-3H3,(H,35,39). The molecule has 1 aliphatic carbocycles. The summed E-state index contributed by atoms with van der Waals surface area (Å²) in [6.45, 7) is 2.94. The third kappa shape index (κ3) is 8.22. The smallest absolute Gasteiger partial charge is 0.264 e. The maximum atomic E-state index is 14.1. The summed E-state index contributed by atoms with van der Waals surface area (Å²) in [6, 6.07) is 16.9. The largest absolute Gasteiger partial charge is 0.497 e. The van der Waals surface area contributed by atoms with E-state index in [9.17, 15) is 18.0 Å². The SMILES string of the molecule is COc1ccc(N(CC(=O)N(Cc2ccc(Cl)cc2Cl)C(C)C(=O)NC2CCCCC2)S(=O)(=O)c2ccc(C)cc2)cc1. The van der Waals surface area contributed by atoms with E-state index in [0.29, 0.717) is 21.4 Å². The van der Waals surface area contributed by atoms with Crippen molar-refractivity contribution in [3.8, 4) is 5.75 Å². The number of nitrogens with one attached hydrogen (secondary N) is 1. The first kappa shape index (κ1) is 32.6. The van der Waals surface area contributed by atoms with Gasteiger partial charge in [0.25, 0.3) is 10.0 Å². The molecule has 2 amide bonds. The summed E-state index contributed by atoms with van der Waals surface area (Å²) in [5.74, 6) is -0.332. The number of carbonyl (C=O) groups is 2. The molecule has 0 saturated heterocycles. The molecule has 1 unspecified atom stereocenters. The minimum atomic E-state index is -4.17. The lowest BCUT2D eigenvalue weighted by molar-refractivity contribution is -0.139. The van der Waals surface area contributed by atoms with Crippen molar-refractivity contribution >= 4 is 50.7 Å². The third-order valence-electron chi connectivity index (χ3n) is 7.72. The second-order valence-corrected chi connectivity index (χ2v) is 13.5. The lowest BCUT2D eigenvalue weighted by Gasteiger charge is -2.33. The molecule has 43 heavy (non-hydrogen) atoms. The number of hydrogen-bond acceptors (Lipinski definition) is 5. The highest BCUT2D eigenvalue weighted by molar-refractivity contribution is 7.92. The Hall–Kier alpha value is -3.27. The van der Waals surface area contributed by atoms with Crippen molar-refractivity contribution in [2.45, 2.75) is 69.5 Å². The van der Waals surface area contributed by atoms with Gasteiger partial charge < -0.3 is 15.0 Å². The molecule has 1 fully saturated rings. The van der Waals surface area contributed by atoms with Gasteiger partial charge in [-0.05, 0) is 80.8 Å². The number of ether oxygens (including phenoxy) is 1. The first-order valence-electron chi connectivity index (χ1n) is 14.3. The van der Waals surface area contributed by atoms with Crippen molar-refractivity contribution in [2.75, 3.05) is 18.0 Å². The Bertz CT molecular complexity index is 1530. The number of sulfonamides is 1. The van der Waals surface area contributed by atoms with E-state index in [1.165, 1.54) is 24.1 Å². The number of halogens is 2. The molecule has 0 heterocycles. The van der Waals surface area contributed by atoms with Gasteiger partial charge in [-0.2, -0.15) is 0 Å². The van der Waals surface area contributed by atoms with Crippen molar-refractivity contribution in [3.63, 3.8) is 0 Å². The Morgan fingerprint density at radius 1 is 0.977 bits per heavy atom. The van der Waals surface area contributed by atoms with Gasteiger partial charge in [0, 0.05) is 22.6 Å². The molecule has 3 aromatic carbocycles. The van der Waals surface area contributed by atoms with Crippen molar-refractivity contribution in [2.24, 2.45) is 0 Å². The monoisotopic (exact) mass is 645 g/mol. The van der Waals surface area contributed by atoms with Crippen molar-refractivity contribution in [1.82, 2.24) is 10.2 Å². The first-order valence-corrected chi connectivity index (χ1v) is 16.5. The highest BCUT2D eigenvalue weighted by Gasteiger charge is 2.33. The minimum Gasteiger partial charge on any atom is -0.497 e. The van der Waals surface area contributed by atoms with Gasteiger partial charge in [-0.25, -0.2) is 8.42 Å². The summed E-state index contributed by atoms with van der Waals surface area (Å²) >= 11 is 12.6. The Morgan fingerprint density at radius 2 is 1.63 bits per heavy atom. The lowest BCUT2D eigenvalue weighted by atomic mass is 9.95. The molecule has 0 aromatic heterocycles. The molecule has 0 radical (unpaired) electrons. The number of aryl methyl sites for hydroxylation is 1. The van der Waals surface area contributed by atoms with Crippen LogP contribution >= 0.6 is 23.2 Å². The quantitative estimate of drug-likeness (QED) is 0.261. The number of nitrogens with zero attached hydrogens (tertiary/aromatic N) is 2. The summed E-state index contributed by atoms with van der Waals surface area (Å²) in [5, 5.41) is 3.86. The number of methoxy groups -OCH3 is 1. The van der Waals surface area contributed by atoms with E-state index >= 15 is 0 Å². The molecule has 4 rings (SSSR count). The number of rotatable bonds is 11. The van der Waals surface area contributed by atoms with Crippen LogP contribution in [-0.4, -0.2) is 50.9 Å². The van der Waals surface area contributed by atoms with Gasteiger partial charge >= 0.3 is 0 Å². The van der Waals surface area contributed by atoms with Crippen LogP contribution in [0.15, 0.2) is 71.6 Å². The van der Waals surface area contributed by atoms with E-state index in [1.807, 2.05) is 6.92 Å². The van der Waals surface area contributed by atoms with E-state index in [-0.39, 0.29) is 29.1 Å². The van der Waals surface area contributed by atoms with Gasteiger partial charge in [0.05, 0.1) is 17.7 Å². The Balaban J connectivity index is 1.70. The Morgan fingerprint density at radius 3 is 2.23 bits per heavy atom. The second kappa shape index (κ2) is 14.5. The van der Waals surface area contributed by atoms with Gasteiger partial charge in [0.2, 0.25) is 11.8 Å².